The molecule has 46 valence electrons. The lowest BCUT2D eigenvalue weighted by Crippen LogP contribution is -1.87. The van der Waals surface area contributed by atoms with E-state index in [1.165, 1.54) is 25.7 Å². The van der Waals surface area contributed by atoms with Gasteiger partial charge in [0.25, 0.3) is 0 Å². The van der Waals surface area contributed by atoms with Crippen LogP contribution in [-0.2, 0) is 0 Å². The topological polar surface area (TPSA) is 0 Å². The van der Waals surface area contributed by atoms with Gasteiger partial charge in [-0.15, -0.1) is 0 Å². The van der Waals surface area contributed by atoms with Crippen LogP contribution >= 0.6 is 45.2 Å². The van der Waals surface area contributed by atoms with Crippen molar-refractivity contribution in [2.24, 2.45) is 0 Å². The van der Waals surface area contributed by atoms with Gasteiger partial charge < -0.3 is 0 Å². The van der Waals surface area contributed by atoms with Crippen molar-refractivity contribution in [3.8, 4) is 0 Å². The van der Waals surface area contributed by atoms with Gasteiger partial charge >= 0.3 is 0 Å². The van der Waals surface area contributed by atoms with E-state index >= 15 is 0 Å². The first-order valence-corrected chi connectivity index (χ1v) is 4.99. The molecule has 0 heterocycles. The molecule has 0 radical (unpaired) electrons. The highest BCUT2D eigenvalue weighted by Crippen LogP contribution is 2.32. The second-order valence-electron chi connectivity index (χ2n) is 2.02. The van der Waals surface area contributed by atoms with Crippen LogP contribution in [0.3, 0.4) is 0 Å². The molecule has 1 aliphatic carbocycles. The van der Waals surface area contributed by atoms with Gasteiger partial charge in [-0.05, 0) is 78.0 Å². The molecule has 2 heteroatoms. The van der Waals surface area contributed by atoms with Crippen LogP contribution in [0.15, 0.2) is 7.16 Å². The summed E-state index contributed by atoms with van der Waals surface area (Å²) in [7, 11) is 0. The van der Waals surface area contributed by atoms with Crippen molar-refractivity contribution >= 4 is 45.2 Å². The Morgan fingerprint density at radius 1 is 0.875 bits per heavy atom. The number of rotatable bonds is 0. The van der Waals surface area contributed by atoms with Gasteiger partial charge in [-0.25, -0.2) is 0 Å². The van der Waals surface area contributed by atoms with Gasteiger partial charge in [0.2, 0.25) is 0 Å². The molecule has 0 saturated heterocycles. The molecule has 0 spiro atoms. The Labute approximate surface area is 77.4 Å². The van der Waals surface area contributed by atoms with Crippen molar-refractivity contribution in [2.45, 2.75) is 25.7 Å². The summed E-state index contributed by atoms with van der Waals surface area (Å²) in [6.45, 7) is 0. The van der Waals surface area contributed by atoms with E-state index in [0.717, 1.165) is 0 Å². The van der Waals surface area contributed by atoms with Crippen LogP contribution in [0.1, 0.15) is 25.7 Å². The SMILES string of the molecule is IC1=C(I)CCCC1. The largest absolute Gasteiger partial charge is 0.0484 e. The molecule has 0 aliphatic heterocycles. The van der Waals surface area contributed by atoms with Gasteiger partial charge in [-0.3, -0.25) is 0 Å². The second-order valence-corrected chi connectivity index (χ2v) is 4.62. The highest BCUT2D eigenvalue weighted by molar-refractivity contribution is 14.1. The van der Waals surface area contributed by atoms with Crippen molar-refractivity contribution in [1.29, 1.82) is 0 Å². The molecular formula is C6H8I2. The van der Waals surface area contributed by atoms with Crippen LogP contribution in [0.2, 0.25) is 0 Å². The van der Waals surface area contributed by atoms with E-state index in [1.54, 1.807) is 7.16 Å². The molecule has 1 aliphatic rings. The molecule has 0 saturated carbocycles. The van der Waals surface area contributed by atoms with Gasteiger partial charge in [-0.2, -0.15) is 0 Å². The van der Waals surface area contributed by atoms with E-state index in [-0.39, 0.29) is 0 Å². The van der Waals surface area contributed by atoms with E-state index in [9.17, 15) is 0 Å². The summed E-state index contributed by atoms with van der Waals surface area (Å²) in [5, 5.41) is 0. The standard InChI is InChI=1S/C6H8I2/c7-5-3-1-2-4-6(5)8/h1-4H2. The summed E-state index contributed by atoms with van der Waals surface area (Å²) in [6, 6.07) is 0. The fourth-order valence-corrected chi connectivity index (χ4v) is 2.13. The van der Waals surface area contributed by atoms with E-state index < -0.39 is 0 Å². The molecule has 0 unspecified atom stereocenters. The minimum absolute atomic E-state index is 1.33. The Kier molecular flexibility index (Phi) is 3.10. The van der Waals surface area contributed by atoms with Crippen molar-refractivity contribution in [3.05, 3.63) is 7.16 Å². The number of allylic oxidation sites excluding steroid dienone is 2. The summed E-state index contributed by atoms with van der Waals surface area (Å²) >= 11 is 4.91. The van der Waals surface area contributed by atoms with Crippen molar-refractivity contribution in [3.63, 3.8) is 0 Å². The molecule has 0 nitrogen and oxygen atoms in total. The van der Waals surface area contributed by atoms with E-state index in [4.69, 9.17) is 0 Å². The quantitative estimate of drug-likeness (QED) is 0.594. The third-order valence-electron chi connectivity index (χ3n) is 1.34. The van der Waals surface area contributed by atoms with E-state index in [0.29, 0.717) is 0 Å². The van der Waals surface area contributed by atoms with Crippen LogP contribution in [0, 0.1) is 0 Å². The Bertz CT molecular complexity index is 102. The average Bonchev–Trinajstić information content (AvgIpc) is 1.77. The van der Waals surface area contributed by atoms with E-state index in [2.05, 4.69) is 45.2 Å². The lowest BCUT2D eigenvalue weighted by Gasteiger charge is -2.09. The van der Waals surface area contributed by atoms with Gasteiger partial charge in [0, 0.05) is 0 Å². The maximum atomic E-state index is 2.45. The van der Waals surface area contributed by atoms with Crippen LogP contribution in [0.4, 0.5) is 0 Å². The number of halogens is 2. The highest BCUT2D eigenvalue weighted by Gasteiger charge is 2.05. The molecule has 1 rings (SSSR count). The first kappa shape index (κ1) is 7.31. The maximum absolute atomic E-state index is 2.45. The van der Waals surface area contributed by atoms with Gasteiger partial charge in [0.05, 0.1) is 0 Å². The average molecular weight is 334 g/mol. The fourth-order valence-electron chi connectivity index (χ4n) is 0.832. The van der Waals surface area contributed by atoms with Crippen LogP contribution in [0.5, 0.6) is 0 Å². The summed E-state index contributed by atoms with van der Waals surface area (Å²) in [5.74, 6) is 0. The molecule has 0 atom stereocenters. The molecule has 0 fully saturated rings. The normalized spacial score (nSPS) is 21.8. The molecule has 0 aromatic carbocycles. The molecule has 0 aromatic rings. The van der Waals surface area contributed by atoms with Crippen LogP contribution in [0.25, 0.3) is 0 Å². The Hall–Kier alpha value is 1.20. The smallest absolute Gasteiger partial charge is 0.000142 e. The highest BCUT2D eigenvalue weighted by atomic mass is 127. The van der Waals surface area contributed by atoms with E-state index in [1.807, 2.05) is 0 Å². The van der Waals surface area contributed by atoms with Crippen molar-refractivity contribution in [2.75, 3.05) is 0 Å². The first-order valence-electron chi connectivity index (χ1n) is 2.84. The van der Waals surface area contributed by atoms with Gasteiger partial charge in [0.15, 0.2) is 0 Å². The molecular weight excluding hydrogens is 326 g/mol. The zero-order valence-corrected chi connectivity index (χ0v) is 8.90. The minimum atomic E-state index is 1.33. The molecule has 8 heavy (non-hydrogen) atoms. The monoisotopic (exact) mass is 334 g/mol. The predicted molar refractivity (Wildman–Crippen MR) is 53.5 cm³/mol. The summed E-state index contributed by atoms with van der Waals surface area (Å²) in [6.07, 6.45) is 5.48. The molecule has 0 bridgehead atoms. The third-order valence-corrected chi connectivity index (χ3v) is 4.75. The second kappa shape index (κ2) is 3.39. The summed E-state index contributed by atoms with van der Waals surface area (Å²) in [4.78, 5) is 0. The Morgan fingerprint density at radius 3 is 1.50 bits per heavy atom. The Balaban J connectivity index is 2.60. The van der Waals surface area contributed by atoms with Crippen LogP contribution in [-0.4, -0.2) is 0 Å². The lowest BCUT2D eigenvalue weighted by molar-refractivity contribution is 0.724. The molecule has 0 amide bonds. The summed E-state index contributed by atoms with van der Waals surface area (Å²) < 4.78 is 3.18. The Morgan fingerprint density at radius 2 is 1.25 bits per heavy atom. The third kappa shape index (κ3) is 1.86. The summed E-state index contributed by atoms with van der Waals surface area (Å²) in [5.41, 5.74) is 0. The van der Waals surface area contributed by atoms with Gasteiger partial charge in [0.1, 0.15) is 0 Å². The minimum Gasteiger partial charge on any atom is -0.0484 e. The zero-order chi connectivity index (χ0) is 5.98. The lowest BCUT2D eigenvalue weighted by atomic mass is 10.1. The maximum Gasteiger partial charge on any atom is -0.000142 e. The van der Waals surface area contributed by atoms with Gasteiger partial charge in [-0.1, -0.05) is 0 Å². The number of hydrogen-bond acceptors (Lipinski definition) is 0. The molecule has 0 N–H and O–H groups in total. The number of hydrogen-bond donors (Lipinski definition) is 0. The predicted octanol–water partition coefficient (Wildman–Crippen LogP) is 3.64. The van der Waals surface area contributed by atoms with Crippen molar-refractivity contribution < 1.29 is 0 Å². The first-order chi connectivity index (χ1) is 3.80. The molecule has 0 aromatic heterocycles. The fraction of sp³-hybridized carbons (Fsp3) is 0.667. The van der Waals surface area contributed by atoms with Crippen LogP contribution < -0.4 is 0 Å². The zero-order valence-electron chi connectivity index (χ0n) is 4.58. The van der Waals surface area contributed by atoms with Crippen molar-refractivity contribution in [1.82, 2.24) is 0 Å².